The fourth-order valence-electron chi connectivity index (χ4n) is 4.13. The van der Waals surface area contributed by atoms with Gasteiger partial charge in [0.05, 0.1) is 33.0 Å². The maximum atomic E-state index is 12.7. The van der Waals surface area contributed by atoms with E-state index in [4.69, 9.17) is 9.47 Å². The first-order chi connectivity index (χ1) is 17.4. The van der Waals surface area contributed by atoms with Gasteiger partial charge in [0.2, 0.25) is 17.7 Å². The maximum absolute atomic E-state index is 12.7. The van der Waals surface area contributed by atoms with Crippen LogP contribution in [0.4, 0.5) is 5.69 Å². The van der Waals surface area contributed by atoms with E-state index in [1.807, 2.05) is 53.1 Å². The van der Waals surface area contributed by atoms with Gasteiger partial charge >= 0.3 is 0 Å². The minimum Gasteiger partial charge on any atom is -0.497 e. The fourth-order valence-corrected chi connectivity index (χ4v) is 4.13. The second-order valence-corrected chi connectivity index (χ2v) is 8.89. The van der Waals surface area contributed by atoms with Gasteiger partial charge in [-0.15, -0.1) is 0 Å². The van der Waals surface area contributed by atoms with Crippen molar-refractivity contribution < 1.29 is 23.9 Å². The number of methoxy groups -OCH3 is 2. The number of anilines is 1. The van der Waals surface area contributed by atoms with Gasteiger partial charge in [-0.3, -0.25) is 19.3 Å². The van der Waals surface area contributed by atoms with Crippen LogP contribution in [0.2, 0.25) is 0 Å². The number of nitrogens with one attached hydrogen (secondary N) is 2. The van der Waals surface area contributed by atoms with Crippen LogP contribution in [0.5, 0.6) is 11.5 Å². The van der Waals surface area contributed by atoms with Crippen LogP contribution in [0, 0.1) is 6.92 Å². The van der Waals surface area contributed by atoms with Gasteiger partial charge in [0.1, 0.15) is 11.5 Å². The van der Waals surface area contributed by atoms with E-state index >= 15 is 0 Å². The zero-order valence-corrected chi connectivity index (χ0v) is 21.3. The Labute approximate surface area is 212 Å². The molecule has 0 aromatic heterocycles. The van der Waals surface area contributed by atoms with Gasteiger partial charge in [0, 0.05) is 32.6 Å². The molecule has 0 bridgehead atoms. The molecule has 0 unspecified atom stereocenters. The van der Waals surface area contributed by atoms with E-state index in [0.29, 0.717) is 43.9 Å². The Hall–Kier alpha value is -3.59. The predicted octanol–water partition coefficient (Wildman–Crippen LogP) is 2.23. The molecule has 36 heavy (non-hydrogen) atoms. The normalized spacial score (nSPS) is 14.0. The van der Waals surface area contributed by atoms with E-state index in [1.54, 1.807) is 20.3 Å². The summed E-state index contributed by atoms with van der Waals surface area (Å²) >= 11 is 0. The molecular weight excluding hydrogens is 460 g/mol. The zero-order valence-electron chi connectivity index (χ0n) is 21.3. The maximum Gasteiger partial charge on any atom is 0.243 e. The summed E-state index contributed by atoms with van der Waals surface area (Å²) in [5, 5.41) is 5.46. The molecular formula is C27H36N4O5. The van der Waals surface area contributed by atoms with Crippen molar-refractivity contribution in [1.29, 1.82) is 0 Å². The number of carbonyl (C=O) groups is 3. The summed E-state index contributed by atoms with van der Waals surface area (Å²) in [6.45, 7) is 4.60. The number of benzene rings is 2. The monoisotopic (exact) mass is 496 g/mol. The van der Waals surface area contributed by atoms with Crippen LogP contribution in [0.15, 0.2) is 42.5 Å². The average molecular weight is 497 g/mol. The van der Waals surface area contributed by atoms with Gasteiger partial charge in [-0.05, 0) is 55.2 Å². The summed E-state index contributed by atoms with van der Waals surface area (Å²) in [6, 6.07) is 13.3. The molecule has 0 aliphatic carbocycles. The summed E-state index contributed by atoms with van der Waals surface area (Å²) in [5.74, 6) is 0.944. The van der Waals surface area contributed by atoms with Crippen molar-refractivity contribution in [1.82, 2.24) is 15.1 Å². The standard InChI is InChI=1S/C27H36N4O5/c1-20-5-11-24(36-3)23(17-20)29-25(32)18-28-26(33)19-30-13-4-14-31(16-15-30)27(34)12-8-21-6-9-22(35-2)10-7-21/h5-7,9-11,17H,4,8,12-16,18-19H2,1-3H3,(H,28,33)(H,29,32). The van der Waals surface area contributed by atoms with Crippen molar-refractivity contribution in [3.63, 3.8) is 0 Å². The molecule has 1 aliphatic rings. The SMILES string of the molecule is COc1ccc(CCC(=O)N2CCCN(CC(=O)NCC(=O)Nc3cc(C)ccc3OC)CC2)cc1. The lowest BCUT2D eigenvalue weighted by Gasteiger charge is -2.22. The third-order valence-electron chi connectivity index (χ3n) is 6.17. The van der Waals surface area contributed by atoms with Crippen LogP contribution < -0.4 is 20.1 Å². The van der Waals surface area contributed by atoms with Crippen molar-refractivity contribution in [3.8, 4) is 11.5 Å². The first-order valence-electron chi connectivity index (χ1n) is 12.2. The molecule has 0 atom stereocenters. The van der Waals surface area contributed by atoms with Gasteiger partial charge < -0.3 is 25.0 Å². The molecule has 2 aromatic carbocycles. The number of aryl methyl sites for hydroxylation is 2. The lowest BCUT2D eigenvalue weighted by atomic mass is 10.1. The van der Waals surface area contributed by atoms with Crippen molar-refractivity contribution in [2.24, 2.45) is 0 Å². The van der Waals surface area contributed by atoms with E-state index in [9.17, 15) is 14.4 Å². The summed E-state index contributed by atoms with van der Waals surface area (Å²) in [6.07, 6.45) is 1.94. The van der Waals surface area contributed by atoms with Crippen molar-refractivity contribution in [2.75, 3.05) is 58.8 Å². The lowest BCUT2D eigenvalue weighted by Crippen LogP contribution is -2.42. The van der Waals surface area contributed by atoms with Gasteiger partial charge in [0.15, 0.2) is 0 Å². The van der Waals surface area contributed by atoms with Crippen molar-refractivity contribution in [3.05, 3.63) is 53.6 Å². The molecule has 0 spiro atoms. The molecule has 194 valence electrons. The van der Waals surface area contributed by atoms with Crippen LogP contribution in [0.3, 0.4) is 0 Å². The number of nitrogens with zero attached hydrogens (tertiary/aromatic N) is 2. The van der Waals surface area contributed by atoms with Crippen LogP contribution in [-0.4, -0.2) is 81.0 Å². The van der Waals surface area contributed by atoms with Crippen molar-refractivity contribution in [2.45, 2.75) is 26.2 Å². The Kier molecular flexibility index (Phi) is 10.1. The molecule has 0 radical (unpaired) electrons. The second kappa shape index (κ2) is 13.5. The molecule has 2 N–H and O–H groups in total. The summed E-state index contributed by atoms with van der Waals surface area (Å²) in [5.41, 5.74) is 2.66. The molecule has 9 nitrogen and oxygen atoms in total. The topological polar surface area (TPSA) is 100 Å². The summed E-state index contributed by atoms with van der Waals surface area (Å²) < 4.78 is 10.4. The smallest absolute Gasteiger partial charge is 0.243 e. The Morgan fingerprint density at radius 1 is 0.917 bits per heavy atom. The van der Waals surface area contributed by atoms with Gasteiger partial charge in [-0.25, -0.2) is 0 Å². The molecule has 0 saturated carbocycles. The summed E-state index contributed by atoms with van der Waals surface area (Å²) in [7, 11) is 3.17. The fraction of sp³-hybridized carbons (Fsp3) is 0.444. The first kappa shape index (κ1) is 27.0. The molecule has 2 aromatic rings. The van der Waals surface area contributed by atoms with Gasteiger partial charge in [-0.1, -0.05) is 18.2 Å². The average Bonchev–Trinajstić information content (AvgIpc) is 3.12. The van der Waals surface area contributed by atoms with E-state index in [1.165, 1.54) is 0 Å². The molecule has 1 aliphatic heterocycles. The number of ether oxygens (including phenoxy) is 2. The van der Waals surface area contributed by atoms with E-state index in [2.05, 4.69) is 10.6 Å². The van der Waals surface area contributed by atoms with Crippen LogP contribution in [0.25, 0.3) is 0 Å². The third kappa shape index (κ3) is 8.27. The number of hydrogen-bond donors (Lipinski definition) is 2. The number of hydrogen-bond acceptors (Lipinski definition) is 6. The lowest BCUT2D eigenvalue weighted by molar-refractivity contribution is -0.131. The quantitative estimate of drug-likeness (QED) is 0.523. The molecule has 3 rings (SSSR count). The minimum atomic E-state index is -0.322. The van der Waals surface area contributed by atoms with Crippen LogP contribution in [-0.2, 0) is 20.8 Å². The Morgan fingerprint density at radius 3 is 2.42 bits per heavy atom. The van der Waals surface area contributed by atoms with Crippen LogP contribution >= 0.6 is 0 Å². The molecule has 3 amide bonds. The van der Waals surface area contributed by atoms with E-state index in [-0.39, 0.29) is 30.8 Å². The third-order valence-corrected chi connectivity index (χ3v) is 6.17. The second-order valence-electron chi connectivity index (χ2n) is 8.89. The zero-order chi connectivity index (χ0) is 25.9. The molecule has 9 heteroatoms. The van der Waals surface area contributed by atoms with Crippen LogP contribution in [0.1, 0.15) is 24.0 Å². The molecule has 1 heterocycles. The Bertz CT molecular complexity index is 1040. The summed E-state index contributed by atoms with van der Waals surface area (Å²) in [4.78, 5) is 41.4. The molecule has 1 fully saturated rings. The van der Waals surface area contributed by atoms with E-state index in [0.717, 1.165) is 29.8 Å². The highest BCUT2D eigenvalue weighted by Gasteiger charge is 2.20. The Morgan fingerprint density at radius 2 is 1.69 bits per heavy atom. The number of amides is 3. The largest absolute Gasteiger partial charge is 0.497 e. The van der Waals surface area contributed by atoms with Gasteiger partial charge in [0.25, 0.3) is 0 Å². The number of carbonyl (C=O) groups excluding carboxylic acids is 3. The van der Waals surface area contributed by atoms with Gasteiger partial charge in [-0.2, -0.15) is 0 Å². The van der Waals surface area contributed by atoms with E-state index < -0.39 is 0 Å². The highest BCUT2D eigenvalue weighted by molar-refractivity contribution is 5.96. The molecule has 1 saturated heterocycles. The van der Waals surface area contributed by atoms with Crippen molar-refractivity contribution >= 4 is 23.4 Å². The highest BCUT2D eigenvalue weighted by Crippen LogP contribution is 2.25. The minimum absolute atomic E-state index is 0.125. The number of rotatable bonds is 10. The first-order valence-corrected chi connectivity index (χ1v) is 12.2. The predicted molar refractivity (Wildman–Crippen MR) is 138 cm³/mol. The highest BCUT2D eigenvalue weighted by atomic mass is 16.5. The Balaban J connectivity index is 1.38.